The molecule has 1 amide bonds. The Hall–Kier alpha value is -4.13. The normalized spacial score (nSPS) is 17.1. The molecule has 3 aromatic carbocycles. The van der Waals surface area contributed by atoms with Crippen LogP contribution in [0.25, 0.3) is 22.2 Å². The fourth-order valence-corrected chi connectivity index (χ4v) is 4.41. The van der Waals surface area contributed by atoms with Gasteiger partial charge in [-0.1, -0.05) is 47.6 Å². The average Bonchev–Trinajstić information content (AvgIpc) is 3.44. The lowest BCUT2D eigenvalue weighted by atomic mass is 9.99. The van der Waals surface area contributed by atoms with Crippen LogP contribution in [0.1, 0.15) is 34.2 Å². The fraction of sp³-hybridized carbons (Fsp3) is 0.192. The van der Waals surface area contributed by atoms with Crippen LogP contribution in [0.2, 0.25) is 0 Å². The number of imidazole rings is 1. The van der Waals surface area contributed by atoms with E-state index >= 15 is 0 Å². The number of oxime groups is 1. The molecule has 1 aliphatic heterocycles. The van der Waals surface area contributed by atoms with E-state index < -0.39 is 0 Å². The zero-order chi connectivity index (χ0) is 22.9. The summed E-state index contributed by atoms with van der Waals surface area (Å²) in [6, 6.07) is 20.7. The number of phenolic OH excluding ortho intramolecular Hbond substituents is 1. The van der Waals surface area contributed by atoms with Crippen molar-refractivity contribution in [2.45, 2.75) is 19.4 Å². The van der Waals surface area contributed by atoms with Gasteiger partial charge in [0.05, 0.1) is 23.8 Å². The Morgan fingerprint density at radius 2 is 1.91 bits per heavy atom. The minimum absolute atomic E-state index is 0.109. The van der Waals surface area contributed by atoms with Crippen molar-refractivity contribution >= 4 is 22.7 Å². The summed E-state index contributed by atoms with van der Waals surface area (Å²) in [7, 11) is 1.50. The van der Waals surface area contributed by atoms with Gasteiger partial charge in [-0.3, -0.25) is 4.79 Å². The monoisotopic (exact) mass is 440 g/mol. The number of hydrogen-bond donors (Lipinski definition) is 2. The lowest BCUT2D eigenvalue weighted by Gasteiger charge is -2.22. The molecule has 0 spiro atoms. The number of carbonyl (C=O) groups is 1. The Kier molecular flexibility index (Phi) is 5.30. The number of nitrogens with one attached hydrogen (secondary N) is 1. The number of para-hydroxylation sites is 1. The summed E-state index contributed by atoms with van der Waals surface area (Å²) in [6.07, 6.45) is 0.501. The van der Waals surface area contributed by atoms with E-state index in [9.17, 15) is 9.90 Å². The molecular weight excluding hydrogens is 416 g/mol. The van der Waals surface area contributed by atoms with E-state index in [2.05, 4.69) is 34.2 Å². The molecule has 7 nitrogen and oxygen atoms in total. The van der Waals surface area contributed by atoms with Gasteiger partial charge in [0.2, 0.25) is 0 Å². The smallest absolute Gasteiger partial charge is 0.254 e. The van der Waals surface area contributed by atoms with E-state index in [4.69, 9.17) is 4.84 Å². The second-order valence-electron chi connectivity index (χ2n) is 8.18. The second kappa shape index (κ2) is 8.43. The first-order valence-electron chi connectivity index (χ1n) is 10.8. The van der Waals surface area contributed by atoms with Crippen molar-refractivity contribution in [2.24, 2.45) is 5.16 Å². The van der Waals surface area contributed by atoms with Gasteiger partial charge in [0.25, 0.3) is 5.91 Å². The molecule has 2 N–H and O–H groups in total. The van der Waals surface area contributed by atoms with Gasteiger partial charge in [0, 0.05) is 12.0 Å². The summed E-state index contributed by atoms with van der Waals surface area (Å²) in [6.45, 7) is 2.42. The lowest BCUT2D eigenvalue weighted by Crippen LogP contribution is -2.31. The second-order valence-corrected chi connectivity index (χ2v) is 8.18. The number of amides is 1. The average molecular weight is 441 g/mol. The number of likely N-dealkylation sites (tertiary alicyclic amines) is 1. The number of phenols is 1. The van der Waals surface area contributed by atoms with Gasteiger partial charge in [0.1, 0.15) is 24.2 Å². The zero-order valence-corrected chi connectivity index (χ0v) is 18.4. The van der Waals surface area contributed by atoms with Crippen LogP contribution < -0.4 is 0 Å². The number of carbonyl (C=O) groups excluding carboxylic acids is 1. The highest BCUT2D eigenvalue weighted by Crippen LogP contribution is 2.34. The molecule has 7 heteroatoms. The van der Waals surface area contributed by atoms with Gasteiger partial charge in [0.15, 0.2) is 0 Å². The maximum absolute atomic E-state index is 13.5. The van der Waals surface area contributed by atoms with Crippen LogP contribution in [0.5, 0.6) is 5.75 Å². The van der Waals surface area contributed by atoms with Crippen molar-refractivity contribution in [3.8, 4) is 16.9 Å². The molecule has 1 saturated heterocycles. The Morgan fingerprint density at radius 1 is 1.12 bits per heavy atom. The summed E-state index contributed by atoms with van der Waals surface area (Å²) >= 11 is 0. The number of benzene rings is 3. The van der Waals surface area contributed by atoms with Crippen LogP contribution in [0.3, 0.4) is 0 Å². The highest BCUT2D eigenvalue weighted by molar-refractivity contribution is 6.01. The van der Waals surface area contributed by atoms with Crippen molar-refractivity contribution in [1.82, 2.24) is 14.9 Å². The predicted octanol–water partition coefficient (Wildman–Crippen LogP) is 4.83. The third kappa shape index (κ3) is 3.82. The van der Waals surface area contributed by atoms with E-state index in [-0.39, 0.29) is 17.7 Å². The summed E-state index contributed by atoms with van der Waals surface area (Å²) in [5.74, 6) is 0.625. The molecule has 1 aromatic heterocycles. The number of aromatic amines is 1. The van der Waals surface area contributed by atoms with Crippen LogP contribution in [-0.4, -0.2) is 45.2 Å². The Labute approximate surface area is 191 Å². The highest BCUT2D eigenvalue weighted by atomic mass is 16.6. The van der Waals surface area contributed by atoms with Crippen LogP contribution in [0.4, 0.5) is 0 Å². The molecule has 4 aromatic rings. The zero-order valence-electron chi connectivity index (χ0n) is 18.4. The molecular formula is C26H24N4O3. The first-order chi connectivity index (χ1) is 16.0. The molecule has 1 atom stereocenters. The summed E-state index contributed by atoms with van der Waals surface area (Å²) in [5, 5.41) is 14.3. The standard InChI is InChI=1S/C26H24N4O3/c1-16-6-3-4-7-20(16)17-10-12-18(13-11-17)26(32)30-15-19(29-33-2)14-22(30)25-27-21-8-5-9-23(31)24(21)28-25/h3-13,22,31H,14-15H2,1-2H3,(H,27,28)/t22-/m0/s1. The van der Waals surface area contributed by atoms with Gasteiger partial charge in [-0.2, -0.15) is 0 Å². The van der Waals surface area contributed by atoms with Gasteiger partial charge in [-0.25, -0.2) is 4.98 Å². The minimum atomic E-state index is -0.339. The molecule has 0 aliphatic carbocycles. The van der Waals surface area contributed by atoms with E-state index in [0.29, 0.717) is 35.4 Å². The first kappa shape index (κ1) is 20.8. The lowest BCUT2D eigenvalue weighted by molar-refractivity contribution is 0.0734. The molecule has 5 rings (SSSR count). The Bertz CT molecular complexity index is 1360. The number of aromatic nitrogens is 2. The predicted molar refractivity (Wildman–Crippen MR) is 127 cm³/mol. The Morgan fingerprint density at radius 3 is 2.64 bits per heavy atom. The van der Waals surface area contributed by atoms with Gasteiger partial charge in [-0.05, 0) is 47.9 Å². The van der Waals surface area contributed by atoms with Crippen molar-refractivity contribution in [3.05, 3.63) is 83.7 Å². The van der Waals surface area contributed by atoms with Crippen molar-refractivity contribution in [2.75, 3.05) is 13.7 Å². The third-order valence-electron chi connectivity index (χ3n) is 6.06. The highest BCUT2D eigenvalue weighted by Gasteiger charge is 2.37. The topological polar surface area (TPSA) is 90.8 Å². The molecule has 1 aliphatic rings. The molecule has 166 valence electrons. The van der Waals surface area contributed by atoms with Crippen molar-refractivity contribution in [1.29, 1.82) is 0 Å². The van der Waals surface area contributed by atoms with Crippen molar-refractivity contribution < 1.29 is 14.7 Å². The quantitative estimate of drug-likeness (QED) is 0.445. The maximum atomic E-state index is 13.5. The van der Waals surface area contributed by atoms with E-state index in [1.54, 1.807) is 17.0 Å². The summed E-state index contributed by atoms with van der Waals surface area (Å²) < 4.78 is 0. The minimum Gasteiger partial charge on any atom is -0.506 e. The fourth-order valence-electron chi connectivity index (χ4n) is 4.41. The van der Waals surface area contributed by atoms with Gasteiger partial charge < -0.3 is 19.8 Å². The Balaban J connectivity index is 1.47. The molecule has 0 radical (unpaired) electrons. The molecule has 33 heavy (non-hydrogen) atoms. The number of aromatic hydroxyl groups is 1. The summed E-state index contributed by atoms with van der Waals surface area (Å²) in [5.41, 5.74) is 5.96. The third-order valence-corrected chi connectivity index (χ3v) is 6.06. The maximum Gasteiger partial charge on any atom is 0.254 e. The molecule has 2 heterocycles. The SMILES string of the molecule is CON=C1C[C@@H](c2nc3cccc(O)c3[nH]2)N(C(=O)c2ccc(-c3ccccc3C)cc2)C1. The van der Waals surface area contributed by atoms with E-state index in [1.165, 1.54) is 12.7 Å². The summed E-state index contributed by atoms with van der Waals surface area (Å²) in [4.78, 5) is 28.1. The number of H-pyrrole nitrogens is 1. The number of hydrogen-bond acceptors (Lipinski definition) is 5. The van der Waals surface area contributed by atoms with Crippen LogP contribution >= 0.6 is 0 Å². The van der Waals surface area contributed by atoms with E-state index in [1.807, 2.05) is 42.5 Å². The number of aryl methyl sites for hydroxylation is 1. The molecule has 0 bridgehead atoms. The van der Waals surface area contributed by atoms with Crippen molar-refractivity contribution in [3.63, 3.8) is 0 Å². The molecule has 1 fully saturated rings. The molecule has 0 unspecified atom stereocenters. The van der Waals surface area contributed by atoms with Gasteiger partial charge in [-0.15, -0.1) is 0 Å². The van der Waals surface area contributed by atoms with Gasteiger partial charge >= 0.3 is 0 Å². The van der Waals surface area contributed by atoms with Crippen LogP contribution in [-0.2, 0) is 4.84 Å². The number of nitrogens with zero attached hydrogens (tertiary/aromatic N) is 3. The van der Waals surface area contributed by atoms with Crippen LogP contribution in [0, 0.1) is 6.92 Å². The first-order valence-corrected chi connectivity index (χ1v) is 10.8. The number of rotatable bonds is 4. The van der Waals surface area contributed by atoms with E-state index in [0.717, 1.165) is 16.8 Å². The molecule has 0 saturated carbocycles. The largest absolute Gasteiger partial charge is 0.506 e. The number of fused-ring (bicyclic) bond motifs is 1. The van der Waals surface area contributed by atoms with Crippen LogP contribution in [0.15, 0.2) is 71.9 Å².